The van der Waals surface area contributed by atoms with Gasteiger partial charge in [-0.25, -0.2) is 4.79 Å². The van der Waals surface area contributed by atoms with E-state index in [0.717, 1.165) is 11.3 Å². The Balaban J connectivity index is 1.96. The SMILES string of the molecule is COC(=O)COc1ccc(C(=O)C=Cc2ccc(OC)cc2)cc1. The molecule has 0 unspecified atom stereocenters. The molecule has 0 aliphatic rings. The van der Waals surface area contributed by atoms with E-state index in [0.29, 0.717) is 11.3 Å². The van der Waals surface area contributed by atoms with Crippen molar-refractivity contribution < 1.29 is 23.8 Å². The van der Waals surface area contributed by atoms with Crippen LogP contribution in [0.4, 0.5) is 0 Å². The number of benzene rings is 2. The highest BCUT2D eigenvalue weighted by atomic mass is 16.6. The van der Waals surface area contributed by atoms with Crippen LogP contribution in [-0.2, 0) is 9.53 Å². The average Bonchev–Trinajstić information content (AvgIpc) is 2.64. The fraction of sp³-hybridized carbons (Fsp3) is 0.158. The molecule has 0 fully saturated rings. The van der Waals surface area contributed by atoms with Crippen molar-refractivity contribution in [2.75, 3.05) is 20.8 Å². The first-order chi connectivity index (χ1) is 11.6. The molecule has 2 aromatic rings. The van der Waals surface area contributed by atoms with Crippen LogP contribution in [0.1, 0.15) is 15.9 Å². The summed E-state index contributed by atoms with van der Waals surface area (Å²) in [5.74, 6) is 0.681. The van der Waals surface area contributed by atoms with E-state index in [1.54, 1.807) is 37.5 Å². The van der Waals surface area contributed by atoms with Gasteiger partial charge in [-0.05, 0) is 48.0 Å². The van der Waals surface area contributed by atoms with E-state index in [-0.39, 0.29) is 12.4 Å². The molecule has 0 aromatic heterocycles. The van der Waals surface area contributed by atoms with E-state index in [2.05, 4.69) is 4.74 Å². The molecule has 0 atom stereocenters. The molecule has 0 saturated carbocycles. The second-order valence-electron chi connectivity index (χ2n) is 4.86. The lowest BCUT2D eigenvalue weighted by Gasteiger charge is -2.05. The van der Waals surface area contributed by atoms with E-state index < -0.39 is 5.97 Å². The van der Waals surface area contributed by atoms with Crippen LogP contribution in [0.15, 0.2) is 54.6 Å². The molecule has 0 saturated heterocycles. The van der Waals surface area contributed by atoms with Gasteiger partial charge in [0.25, 0.3) is 0 Å². The van der Waals surface area contributed by atoms with Crippen molar-refractivity contribution in [2.45, 2.75) is 0 Å². The first-order valence-corrected chi connectivity index (χ1v) is 7.28. The molecule has 124 valence electrons. The molecule has 2 aromatic carbocycles. The van der Waals surface area contributed by atoms with Crippen LogP contribution in [0.3, 0.4) is 0 Å². The molecule has 0 spiro atoms. The molecule has 0 aliphatic carbocycles. The maximum absolute atomic E-state index is 12.1. The highest BCUT2D eigenvalue weighted by molar-refractivity contribution is 6.06. The number of esters is 1. The third-order valence-corrected chi connectivity index (χ3v) is 3.27. The van der Waals surface area contributed by atoms with E-state index in [1.165, 1.54) is 13.2 Å². The van der Waals surface area contributed by atoms with Gasteiger partial charge in [-0.1, -0.05) is 18.2 Å². The summed E-state index contributed by atoms with van der Waals surface area (Å²) in [4.78, 5) is 23.1. The molecule has 0 radical (unpaired) electrons. The summed E-state index contributed by atoms with van der Waals surface area (Å²) >= 11 is 0. The molecular formula is C19H18O5. The summed E-state index contributed by atoms with van der Waals surface area (Å²) in [6.45, 7) is -0.166. The fourth-order valence-electron chi connectivity index (χ4n) is 1.90. The number of hydrogen-bond donors (Lipinski definition) is 0. The first kappa shape index (κ1) is 17.3. The van der Waals surface area contributed by atoms with Crippen molar-refractivity contribution in [3.63, 3.8) is 0 Å². The van der Waals surface area contributed by atoms with E-state index in [4.69, 9.17) is 9.47 Å². The van der Waals surface area contributed by atoms with Gasteiger partial charge < -0.3 is 14.2 Å². The Bertz CT molecular complexity index is 714. The van der Waals surface area contributed by atoms with Gasteiger partial charge in [0.05, 0.1) is 14.2 Å². The standard InChI is InChI=1S/C19H18O5/c1-22-16-8-3-14(4-9-16)5-12-18(20)15-6-10-17(11-7-15)24-13-19(21)23-2/h3-12H,13H2,1-2H3. The maximum Gasteiger partial charge on any atom is 0.343 e. The van der Waals surface area contributed by atoms with Crippen LogP contribution in [0.5, 0.6) is 11.5 Å². The normalized spacial score (nSPS) is 10.4. The van der Waals surface area contributed by atoms with E-state index in [1.807, 2.05) is 24.3 Å². The van der Waals surface area contributed by atoms with Crippen LogP contribution < -0.4 is 9.47 Å². The minimum atomic E-state index is -0.461. The maximum atomic E-state index is 12.1. The number of carbonyl (C=O) groups is 2. The summed E-state index contributed by atoms with van der Waals surface area (Å²) < 4.78 is 14.8. The van der Waals surface area contributed by atoms with Gasteiger partial charge in [0.2, 0.25) is 0 Å². The van der Waals surface area contributed by atoms with Crippen LogP contribution in [0, 0.1) is 0 Å². The molecular weight excluding hydrogens is 308 g/mol. The highest BCUT2D eigenvalue weighted by Crippen LogP contribution is 2.15. The predicted octanol–water partition coefficient (Wildman–Crippen LogP) is 3.14. The number of hydrogen-bond acceptors (Lipinski definition) is 5. The number of allylic oxidation sites excluding steroid dienone is 1. The molecule has 24 heavy (non-hydrogen) atoms. The molecule has 2 rings (SSSR count). The van der Waals surface area contributed by atoms with Gasteiger partial charge in [0.1, 0.15) is 11.5 Å². The summed E-state index contributed by atoms with van der Waals surface area (Å²) in [5, 5.41) is 0. The summed E-state index contributed by atoms with van der Waals surface area (Å²) in [6.07, 6.45) is 3.25. The number of ketones is 1. The number of rotatable bonds is 7. The van der Waals surface area contributed by atoms with E-state index >= 15 is 0 Å². The minimum absolute atomic E-state index is 0.120. The van der Waals surface area contributed by atoms with Gasteiger partial charge in [-0.3, -0.25) is 4.79 Å². The fourth-order valence-corrected chi connectivity index (χ4v) is 1.90. The van der Waals surface area contributed by atoms with Crippen molar-refractivity contribution in [1.29, 1.82) is 0 Å². The van der Waals surface area contributed by atoms with Crippen LogP contribution in [0.25, 0.3) is 6.08 Å². The smallest absolute Gasteiger partial charge is 0.343 e. The zero-order valence-electron chi connectivity index (χ0n) is 13.5. The van der Waals surface area contributed by atoms with Crippen molar-refractivity contribution in [1.82, 2.24) is 0 Å². The van der Waals surface area contributed by atoms with Gasteiger partial charge in [0.15, 0.2) is 12.4 Å². The molecule has 0 bridgehead atoms. The lowest BCUT2D eigenvalue weighted by atomic mass is 10.1. The Morgan fingerprint density at radius 1 is 0.917 bits per heavy atom. The summed E-state index contributed by atoms with van der Waals surface area (Å²) in [5.41, 5.74) is 1.44. The number of ether oxygens (including phenoxy) is 3. The predicted molar refractivity (Wildman–Crippen MR) is 90.3 cm³/mol. The highest BCUT2D eigenvalue weighted by Gasteiger charge is 2.04. The van der Waals surface area contributed by atoms with Gasteiger partial charge >= 0.3 is 5.97 Å². The molecule has 0 aliphatic heterocycles. The van der Waals surface area contributed by atoms with Crippen molar-refractivity contribution >= 4 is 17.8 Å². The van der Waals surface area contributed by atoms with Crippen LogP contribution >= 0.6 is 0 Å². The lowest BCUT2D eigenvalue weighted by Crippen LogP contribution is -2.12. The third kappa shape index (κ3) is 4.98. The second kappa shape index (κ2) is 8.53. The van der Waals surface area contributed by atoms with Crippen molar-refractivity contribution in [3.8, 4) is 11.5 Å². The van der Waals surface area contributed by atoms with Crippen molar-refractivity contribution in [2.24, 2.45) is 0 Å². The lowest BCUT2D eigenvalue weighted by molar-refractivity contribution is -0.142. The number of methoxy groups -OCH3 is 2. The quantitative estimate of drug-likeness (QED) is 0.444. The largest absolute Gasteiger partial charge is 0.497 e. The average molecular weight is 326 g/mol. The minimum Gasteiger partial charge on any atom is -0.497 e. The monoisotopic (exact) mass is 326 g/mol. The Morgan fingerprint density at radius 2 is 1.54 bits per heavy atom. The van der Waals surface area contributed by atoms with E-state index in [9.17, 15) is 9.59 Å². The first-order valence-electron chi connectivity index (χ1n) is 7.28. The zero-order valence-corrected chi connectivity index (χ0v) is 13.5. The second-order valence-corrected chi connectivity index (χ2v) is 4.86. The van der Waals surface area contributed by atoms with Crippen molar-refractivity contribution in [3.05, 3.63) is 65.7 Å². The zero-order chi connectivity index (χ0) is 17.4. The summed E-state index contributed by atoms with van der Waals surface area (Å²) in [6, 6.07) is 14.0. The third-order valence-electron chi connectivity index (χ3n) is 3.27. The Hall–Kier alpha value is -3.08. The number of carbonyl (C=O) groups excluding carboxylic acids is 2. The van der Waals surface area contributed by atoms with Gasteiger partial charge in [0, 0.05) is 5.56 Å². The van der Waals surface area contributed by atoms with Gasteiger partial charge in [-0.2, -0.15) is 0 Å². The summed E-state index contributed by atoms with van der Waals surface area (Å²) in [7, 11) is 2.90. The van der Waals surface area contributed by atoms with Crippen LogP contribution in [0.2, 0.25) is 0 Å². The Morgan fingerprint density at radius 3 is 2.12 bits per heavy atom. The molecule has 5 heteroatoms. The Labute approximate surface area is 140 Å². The molecule has 0 amide bonds. The topological polar surface area (TPSA) is 61.8 Å². The molecule has 5 nitrogen and oxygen atoms in total. The Kier molecular flexibility index (Phi) is 6.14. The van der Waals surface area contributed by atoms with Gasteiger partial charge in [-0.15, -0.1) is 0 Å². The molecule has 0 N–H and O–H groups in total. The molecule has 0 heterocycles. The van der Waals surface area contributed by atoms with Crippen LogP contribution in [-0.4, -0.2) is 32.6 Å².